The number of phenolic OH excluding ortho intramolecular Hbond substituents is 1. The van der Waals surface area contributed by atoms with Gasteiger partial charge in [-0.2, -0.15) is 0 Å². The van der Waals surface area contributed by atoms with Gasteiger partial charge in [0, 0.05) is 17.7 Å². The van der Waals surface area contributed by atoms with Crippen molar-refractivity contribution in [1.82, 2.24) is 10.2 Å². The number of aromatic hydroxyl groups is 1. The van der Waals surface area contributed by atoms with Gasteiger partial charge in [0.2, 0.25) is 11.8 Å². The molecule has 7 heteroatoms. The van der Waals surface area contributed by atoms with Crippen LogP contribution >= 0.6 is 11.8 Å². The SMILES string of the molecule is COc1ccc(O)c(C(C)NC(=O)C2CSC3(C)CCC(=O)N23)c1. The molecule has 2 aliphatic rings. The fraction of sp³-hybridized carbons (Fsp3) is 0.529. The monoisotopic (exact) mass is 350 g/mol. The third-order valence-corrected chi connectivity index (χ3v) is 6.31. The van der Waals surface area contributed by atoms with E-state index in [2.05, 4.69) is 5.32 Å². The van der Waals surface area contributed by atoms with Gasteiger partial charge in [0.25, 0.3) is 0 Å². The highest BCUT2D eigenvalue weighted by Crippen LogP contribution is 2.47. The van der Waals surface area contributed by atoms with E-state index in [1.165, 1.54) is 0 Å². The molecule has 2 saturated heterocycles. The van der Waals surface area contributed by atoms with Gasteiger partial charge in [-0.25, -0.2) is 0 Å². The highest BCUT2D eigenvalue weighted by atomic mass is 32.2. The first-order valence-corrected chi connectivity index (χ1v) is 8.97. The summed E-state index contributed by atoms with van der Waals surface area (Å²) in [6.45, 7) is 3.83. The number of ether oxygens (including phenoxy) is 1. The third-order valence-electron chi connectivity index (χ3n) is 4.81. The van der Waals surface area contributed by atoms with Gasteiger partial charge in [-0.1, -0.05) is 0 Å². The summed E-state index contributed by atoms with van der Waals surface area (Å²) >= 11 is 1.66. The van der Waals surface area contributed by atoms with Crippen LogP contribution in [0.15, 0.2) is 18.2 Å². The van der Waals surface area contributed by atoms with Crippen molar-refractivity contribution in [3.05, 3.63) is 23.8 Å². The number of carbonyl (C=O) groups is 2. The summed E-state index contributed by atoms with van der Waals surface area (Å²) in [5, 5.41) is 13.0. The quantitative estimate of drug-likeness (QED) is 0.869. The Morgan fingerprint density at radius 2 is 2.29 bits per heavy atom. The molecular formula is C17H22N2O4S. The minimum absolute atomic E-state index is 0.0412. The van der Waals surface area contributed by atoms with E-state index in [-0.39, 0.29) is 28.5 Å². The van der Waals surface area contributed by atoms with Crippen molar-refractivity contribution in [3.63, 3.8) is 0 Å². The van der Waals surface area contributed by atoms with Crippen molar-refractivity contribution in [2.24, 2.45) is 0 Å². The molecular weight excluding hydrogens is 328 g/mol. The lowest BCUT2D eigenvalue weighted by molar-refractivity contribution is -0.138. The number of fused-ring (bicyclic) bond motifs is 1. The molecule has 130 valence electrons. The Bertz CT molecular complexity index is 681. The van der Waals surface area contributed by atoms with E-state index in [1.807, 2.05) is 6.92 Å². The van der Waals surface area contributed by atoms with Crippen LogP contribution in [0.5, 0.6) is 11.5 Å². The average molecular weight is 350 g/mol. The number of methoxy groups -OCH3 is 1. The van der Waals surface area contributed by atoms with Crippen LogP contribution in [-0.2, 0) is 9.59 Å². The highest BCUT2D eigenvalue weighted by Gasteiger charge is 2.52. The van der Waals surface area contributed by atoms with E-state index < -0.39 is 6.04 Å². The van der Waals surface area contributed by atoms with E-state index in [0.717, 1.165) is 6.42 Å². The van der Waals surface area contributed by atoms with Gasteiger partial charge in [-0.15, -0.1) is 11.8 Å². The molecule has 3 rings (SSSR count). The number of thioether (sulfide) groups is 1. The van der Waals surface area contributed by atoms with Crippen LogP contribution in [0.1, 0.15) is 38.3 Å². The first-order chi connectivity index (χ1) is 11.4. The number of benzene rings is 1. The summed E-state index contributed by atoms with van der Waals surface area (Å²) in [4.78, 5) is 26.3. The van der Waals surface area contributed by atoms with Crippen LogP contribution in [0.4, 0.5) is 0 Å². The number of hydrogen-bond donors (Lipinski definition) is 2. The molecule has 0 saturated carbocycles. The average Bonchev–Trinajstić information content (AvgIpc) is 3.04. The van der Waals surface area contributed by atoms with Gasteiger partial charge >= 0.3 is 0 Å². The van der Waals surface area contributed by atoms with Crippen molar-refractivity contribution in [3.8, 4) is 11.5 Å². The molecule has 2 amide bonds. The molecule has 1 aromatic rings. The van der Waals surface area contributed by atoms with Gasteiger partial charge in [0.15, 0.2) is 0 Å². The fourth-order valence-corrected chi connectivity index (χ4v) is 4.84. The van der Waals surface area contributed by atoms with Crippen LogP contribution in [0.25, 0.3) is 0 Å². The summed E-state index contributed by atoms with van der Waals surface area (Å²) in [5.74, 6) is 1.18. The van der Waals surface area contributed by atoms with E-state index in [4.69, 9.17) is 4.74 Å². The molecule has 2 fully saturated rings. The summed E-state index contributed by atoms with van der Waals surface area (Å²) in [6, 6.07) is 4.07. The molecule has 2 heterocycles. The van der Waals surface area contributed by atoms with Crippen LogP contribution < -0.4 is 10.1 Å². The highest BCUT2D eigenvalue weighted by molar-refractivity contribution is 8.01. The second kappa shape index (κ2) is 6.20. The van der Waals surface area contributed by atoms with Crippen LogP contribution in [-0.4, -0.2) is 45.6 Å². The lowest BCUT2D eigenvalue weighted by Gasteiger charge is -2.30. The summed E-state index contributed by atoms with van der Waals surface area (Å²) in [5.41, 5.74) is 0.587. The number of amides is 2. The van der Waals surface area contributed by atoms with Crippen LogP contribution in [0.3, 0.4) is 0 Å². The molecule has 1 aromatic carbocycles. The first-order valence-electron chi connectivity index (χ1n) is 7.99. The maximum Gasteiger partial charge on any atom is 0.244 e. The third kappa shape index (κ3) is 2.81. The summed E-state index contributed by atoms with van der Waals surface area (Å²) in [7, 11) is 1.55. The van der Waals surface area contributed by atoms with Crippen molar-refractivity contribution in [1.29, 1.82) is 0 Å². The molecule has 6 nitrogen and oxygen atoms in total. The molecule has 3 atom stereocenters. The standard InChI is InChI=1S/C17H22N2O4S/c1-10(12-8-11(23-3)4-5-14(12)20)18-16(22)13-9-24-17(2)7-6-15(21)19(13)17/h4-5,8,10,13,20H,6-7,9H2,1-3H3,(H,18,22). The van der Waals surface area contributed by atoms with Gasteiger partial charge in [0.1, 0.15) is 17.5 Å². The topological polar surface area (TPSA) is 78.9 Å². The molecule has 0 radical (unpaired) electrons. The second-order valence-corrected chi connectivity index (χ2v) is 7.92. The minimum atomic E-state index is -0.454. The largest absolute Gasteiger partial charge is 0.508 e. The lowest BCUT2D eigenvalue weighted by atomic mass is 10.1. The minimum Gasteiger partial charge on any atom is -0.508 e. The summed E-state index contributed by atoms with van der Waals surface area (Å²) in [6.07, 6.45) is 1.28. The zero-order chi connectivity index (χ0) is 17.5. The van der Waals surface area contributed by atoms with Gasteiger partial charge < -0.3 is 20.1 Å². The van der Waals surface area contributed by atoms with E-state index in [1.54, 1.807) is 48.9 Å². The van der Waals surface area contributed by atoms with Crippen molar-refractivity contribution in [2.45, 2.75) is 43.6 Å². The van der Waals surface area contributed by atoms with Crippen molar-refractivity contribution < 1.29 is 19.4 Å². The zero-order valence-electron chi connectivity index (χ0n) is 14.0. The number of carbonyl (C=O) groups excluding carboxylic acids is 2. The fourth-order valence-electron chi connectivity index (χ4n) is 3.41. The first kappa shape index (κ1) is 17.0. The summed E-state index contributed by atoms with van der Waals surface area (Å²) < 4.78 is 5.17. The van der Waals surface area contributed by atoms with Crippen LogP contribution in [0, 0.1) is 0 Å². The molecule has 0 bridgehead atoms. The number of rotatable bonds is 4. The van der Waals surface area contributed by atoms with Gasteiger partial charge in [-0.3, -0.25) is 9.59 Å². The molecule has 0 spiro atoms. The molecule has 0 aromatic heterocycles. The maximum absolute atomic E-state index is 12.7. The van der Waals surface area contributed by atoms with Crippen molar-refractivity contribution >= 4 is 23.6 Å². The van der Waals surface area contributed by atoms with E-state index in [0.29, 0.717) is 23.5 Å². The Morgan fingerprint density at radius 3 is 3.00 bits per heavy atom. The number of phenols is 1. The van der Waals surface area contributed by atoms with Crippen LogP contribution in [0.2, 0.25) is 0 Å². The van der Waals surface area contributed by atoms with Gasteiger partial charge in [0.05, 0.1) is 18.0 Å². The van der Waals surface area contributed by atoms with E-state index >= 15 is 0 Å². The predicted molar refractivity (Wildman–Crippen MR) is 91.9 cm³/mol. The number of nitrogens with zero attached hydrogens (tertiary/aromatic N) is 1. The Balaban J connectivity index is 1.74. The Morgan fingerprint density at radius 1 is 1.54 bits per heavy atom. The molecule has 2 N–H and O–H groups in total. The predicted octanol–water partition coefficient (Wildman–Crippen LogP) is 2.03. The maximum atomic E-state index is 12.7. The molecule has 3 unspecified atom stereocenters. The van der Waals surface area contributed by atoms with Gasteiger partial charge in [-0.05, 0) is 38.5 Å². The Kier molecular flexibility index (Phi) is 4.38. The number of hydrogen-bond acceptors (Lipinski definition) is 5. The smallest absolute Gasteiger partial charge is 0.244 e. The Labute approximate surface area is 145 Å². The number of nitrogens with one attached hydrogen (secondary N) is 1. The Hall–Kier alpha value is -1.89. The van der Waals surface area contributed by atoms with E-state index in [9.17, 15) is 14.7 Å². The van der Waals surface area contributed by atoms with Crippen molar-refractivity contribution in [2.75, 3.05) is 12.9 Å². The molecule has 0 aliphatic carbocycles. The molecule has 2 aliphatic heterocycles. The lowest BCUT2D eigenvalue weighted by Crippen LogP contribution is -2.50. The molecule has 24 heavy (non-hydrogen) atoms. The second-order valence-electron chi connectivity index (χ2n) is 6.42. The normalized spacial score (nSPS) is 27.0. The zero-order valence-corrected chi connectivity index (χ0v) is 14.9.